The Morgan fingerprint density at radius 2 is 1.15 bits per heavy atom. The predicted octanol–water partition coefficient (Wildman–Crippen LogP) is 2.50. The molecule has 0 heterocycles. The number of ether oxygens (including phenoxy) is 3. The molecule has 0 aliphatic heterocycles. The predicted molar refractivity (Wildman–Crippen MR) is 77.8 cm³/mol. The monoisotopic (exact) mass is 294 g/mol. The molecule has 0 radical (unpaired) electrons. The second-order valence-electron chi connectivity index (χ2n) is 3.26. The molecule has 0 aromatic carbocycles. The highest BCUT2D eigenvalue weighted by Crippen LogP contribution is 1.91. The maximum atomic E-state index is 10.5. The molecule has 0 saturated heterocycles. The first-order chi connectivity index (χ1) is 9.49. The van der Waals surface area contributed by atoms with Crippen LogP contribution in [-0.2, 0) is 23.8 Å². The first-order valence-electron chi connectivity index (χ1n) is 7.02. The molecule has 0 amide bonds. The zero-order chi connectivity index (χ0) is 16.2. The summed E-state index contributed by atoms with van der Waals surface area (Å²) in [5, 5.41) is 8.12. The third-order valence-corrected chi connectivity index (χ3v) is 1.66. The van der Waals surface area contributed by atoms with Gasteiger partial charge in [-0.15, -0.1) is 0 Å². The number of carbonyl (C=O) groups is 2. The third-order valence-electron chi connectivity index (χ3n) is 1.66. The summed E-state index contributed by atoms with van der Waals surface area (Å²) in [5.74, 6) is -1.43. The lowest BCUT2D eigenvalue weighted by molar-refractivity contribution is -0.147. The van der Waals surface area contributed by atoms with Gasteiger partial charge in [-0.3, -0.25) is 9.59 Å². The van der Waals surface area contributed by atoms with Crippen LogP contribution >= 0.6 is 0 Å². The van der Waals surface area contributed by atoms with E-state index >= 15 is 0 Å². The Labute approximate surface area is 122 Å². The molecule has 6 nitrogen and oxygen atoms in total. The summed E-state index contributed by atoms with van der Waals surface area (Å²) in [5.41, 5.74) is 0. The number of carbonyl (C=O) groups excluding carboxylic acids is 1. The molecular formula is C14H30O6. The molecule has 0 rings (SSSR count). The third kappa shape index (κ3) is 36.0. The molecule has 0 unspecified atom stereocenters. The largest absolute Gasteiger partial charge is 0.481 e. The zero-order valence-corrected chi connectivity index (χ0v) is 13.4. The number of aliphatic carboxylic acids is 1. The summed E-state index contributed by atoms with van der Waals surface area (Å²) in [6.07, 6.45) is -0.192. The fourth-order valence-electron chi connectivity index (χ4n) is 0.850. The van der Waals surface area contributed by atoms with Crippen molar-refractivity contribution in [2.75, 3.05) is 33.0 Å². The molecule has 1 N–H and O–H groups in total. The minimum atomic E-state index is -0.979. The van der Waals surface area contributed by atoms with Crippen molar-refractivity contribution in [3.63, 3.8) is 0 Å². The topological polar surface area (TPSA) is 82.1 Å². The van der Waals surface area contributed by atoms with Gasteiger partial charge >= 0.3 is 11.9 Å². The van der Waals surface area contributed by atoms with E-state index in [4.69, 9.17) is 14.6 Å². The first-order valence-corrected chi connectivity index (χ1v) is 7.02. The van der Waals surface area contributed by atoms with Crippen LogP contribution < -0.4 is 0 Å². The average molecular weight is 294 g/mol. The van der Waals surface area contributed by atoms with E-state index in [0.717, 1.165) is 26.4 Å². The van der Waals surface area contributed by atoms with Crippen molar-refractivity contribution in [1.29, 1.82) is 0 Å². The van der Waals surface area contributed by atoms with Crippen LogP contribution in [0.4, 0.5) is 0 Å². The smallest absolute Gasteiger partial charge is 0.306 e. The van der Waals surface area contributed by atoms with E-state index in [2.05, 4.69) is 4.74 Å². The maximum Gasteiger partial charge on any atom is 0.306 e. The summed E-state index contributed by atoms with van der Waals surface area (Å²) in [4.78, 5) is 20.4. The fraction of sp³-hybridized carbons (Fsp3) is 0.857. The molecule has 0 aliphatic carbocycles. The van der Waals surface area contributed by atoms with Gasteiger partial charge in [0, 0.05) is 26.4 Å². The number of rotatable bonds is 8. The SMILES string of the molecule is CCOC(=O)CCC(=O)O.CCOCC.CCOCC. The van der Waals surface area contributed by atoms with E-state index in [1.54, 1.807) is 6.92 Å². The highest BCUT2D eigenvalue weighted by molar-refractivity contribution is 5.76. The van der Waals surface area contributed by atoms with Crippen molar-refractivity contribution < 1.29 is 28.9 Å². The van der Waals surface area contributed by atoms with Gasteiger partial charge in [0.1, 0.15) is 0 Å². The second-order valence-corrected chi connectivity index (χ2v) is 3.26. The summed E-state index contributed by atoms with van der Waals surface area (Å²) in [6.45, 7) is 13.3. The quantitative estimate of drug-likeness (QED) is 0.693. The highest BCUT2D eigenvalue weighted by atomic mass is 16.5. The van der Waals surface area contributed by atoms with Gasteiger partial charge in [-0.25, -0.2) is 0 Å². The minimum Gasteiger partial charge on any atom is -0.481 e. The van der Waals surface area contributed by atoms with E-state index in [1.807, 2.05) is 27.7 Å². The molecular weight excluding hydrogens is 264 g/mol. The maximum absolute atomic E-state index is 10.5. The molecule has 0 bridgehead atoms. The number of hydrogen-bond donors (Lipinski definition) is 1. The zero-order valence-electron chi connectivity index (χ0n) is 13.4. The first kappa shape index (κ1) is 23.9. The van der Waals surface area contributed by atoms with E-state index in [0.29, 0.717) is 6.61 Å². The van der Waals surface area contributed by atoms with Crippen molar-refractivity contribution >= 4 is 11.9 Å². The van der Waals surface area contributed by atoms with Crippen molar-refractivity contribution in [2.24, 2.45) is 0 Å². The van der Waals surface area contributed by atoms with Crippen LogP contribution in [0.1, 0.15) is 47.5 Å². The average Bonchev–Trinajstić information content (AvgIpc) is 2.40. The molecule has 0 aromatic heterocycles. The standard InChI is InChI=1S/C6H10O4.2C4H10O/c1-2-10-6(9)4-3-5(7)8;2*1-3-5-4-2/h2-4H2,1H3,(H,7,8);2*3-4H2,1-2H3. The lowest BCUT2D eigenvalue weighted by atomic mass is 10.3. The molecule has 0 aliphatic rings. The molecule has 0 saturated carbocycles. The van der Waals surface area contributed by atoms with Gasteiger partial charge in [-0.1, -0.05) is 0 Å². The Morgan fingerprint density at radius 1 is 0.750 bits per heavy atom. The molecule has 0 fully saturated rings. The van der Waals surface area contributed by atoms with E-state index in [1.165, 1.54) is 0 Å². The normalized spacial score (nSPS) is 8.65. The summed E-state index contributed by atoms with van der Waals surface area (Å²) < 4.78 is 14.2. The number of carboxylic acids is 1. The molecule has 122 valence electrons. The van der Waals surface area contributed by atoms with Gasteiger partial charge in [0.25, 0.3) is 0 Å². The molecule has 0 spiro atoms. The second kappa shape index (κ2) is 23.0. The van der Waals surface area contributed by atoms with Gasteiger partial charge in [0.05, 0.1) is 19.4 Å². The van der Waals surface area contributed by atoms with E-state index in [-0.39, 0.29) is 12.8 Å². The lowest BCUT2D eigenvalue weighted by Crippen LogP contribution is -2.06. The minimum absolute atomic E-state index is 0.0385. The Kier molecular flexibility index (Phi) is 27.5. The van der Waals surface area contributed by atoms with Crippen molar-refractivity contribution in [3.8, 4) is 0 Å². The van der Waals surface area contributed by atoms with E-state index in [9.17, 15) is 9.59 Å². The number of hydrogen-bond acceptors (Lipinski definition) is 5. The molecule has 0 aromatic rings. The Hall–Kier alpha value is -1.14. The van der Waals surface area contributed by atoms with Crippen LogP contribution in [0.5, 0.6) is 0 Å². The van der Waals surface area contributed by atoms with Gasteiger partial charge in [0.15, 0.2) is 0 Å². The van der Waals surface area contributed by atoms with Crippen LogP contribution in [0.25, 0.3) is 0 Å². The number of carboxylic acid groups (broad SMARTS) is 1. The van der Waals surface area contributed by atoms with Crippen LogP contribution in [0.15, 0.2) is 0 Å². The van der Waals surface area contributed by atoms with Crippen molar-refractivity contribution in [3.05, 3.63) is 0 Å². The Bertz CT molecular complexity index is 196. The molecule has 20 heavy (non-hydrogen) atoms. The van der Waals surface area contributed by atoms with Gasteiger partial charge in [-0.2, -0.15) is 0 Å². The number of esters is 1. The Morgan fingerprint density at radius 3 is 1.35 bits per heavy atom. The fourth-order valence-corrected chi connectivity index (χ4v) is 0.850. The van der Waals surface area contributed by atoms with Crippen LogP contribution in [0, 0.1) is 0 Å². The van der Waals surface area contributed by atoms with Crippen LogP contribution in [-0.4, -0.2) is 50.1 Å². The summed E-state index contributed by atoms with van der Waals surface area (Å²) >= 11 is 0. The van der Waals surface area contributed by atoms with Gasteiger partial charge in [-0.05, 0) is 34.6 Å². The molecule has 6 heteroatoms. The van der Waals surface area contributed by atoms with E-state index < -0.39 is 11.9 Å². The van der Waals surface area contributed by atoms with Crippen molar-refractivity contribution in [2.45, 2.75) is 47.5 Å². The summed E-state index contributed by atoms with van der Waals surface area (Å²) in [7, 11) is 0. The van der Waals surface area contributed by atoms with Crippen LogP contribution in [0.2, 0.25) is 0 Å². The van der Waals surface area contributed by atoms with Gasteiger partial charge in [0.2, 0.25) is 0 Å². The lowest BCUT2D eigenvalue weighted by Gasteiger charge is -1.97. The summed E-state index contributed by atoms with van der Waals surface area (Å²) in [6, 6.07) is 0. The Balaban J connectivity index is -0.000000244. The van der Waals surface area contributed by atoms with Gasteiger partial charge < -0.3 is 19.3 Å². The molecule has 0 atom stereocenters. The van der Waals surface area contributed by atoms with Crippen LogP contribution in [0.3, 0.4) is 0 Å². The highest BCUT2D eigenvalue weighted by Gasteiger charge is 2.04. The van der Waals surface area contributed by atoms with Crippen molar-refractivity contribution in [1.82, 2.24) is 0 Å².